The van der Waals surface area contributed by atoms with Crippen molar-refractivity contribution in [3.63, 3.8) is 0 Å². The zero-order valence-electron chi connectivity index (χ0n) is 15.3. The molecule has 1 fully saturated rings. The Kier molecular flexibility index (Phi) is 4.64. The summed E-state index contributed by atoms with van der Waals surface area (Å²) in [6, 6.07) is 6.69. The van der Waals surface area contributed by atoms with Gasteiger partial charge in [-0.2, -0.15) is 4.39 Å². The lowest BCUT2D eigenvalue weighted by molar-refractivity contribution is -0.0241. The number of nitrogens with zero attached hydrogens (tertiary/aromatic N) is 4. The maximum absolute atomic E-state index is 14.0. The van der Waals surface area contributed by atoms with Crippen LogP contribution in [0.2, 0.25) is 0 Å². The average Bonchev–Trinajstić information content (AvgIpc) is 3.10. The van der Waals surface area contributed by atoms with Crippen LogP contribution < -0.4 is 0 Å². The number of carbonyl (C=O) groups excluding carboxylic acids is 1. The second-order valence-electron chi connectivity index (χ2n) is 6.87. The molecule has 7 nitrogen and oxygen atoms in total. The van der Waals surface area contributed by atoms with Crippen LogP contribution in [0.3, 0.4) is 0 Å². The van der Waals surface area contributed by atoms with Gasteiger partial charge >= 0.3 is 0 Å². The van der Waals surface area contributed by atoms with Crippen LogP contribution in [0.1, 0.15) is 34.5 Å². The summed E-state index contributed by atoms with van der Waals surface area (Å²) >= 11 is 0. The maximum atomic E-state index is 14.0. The molecule has 3 aromatic heterocycles. The number of likely N-dealkylation sites (tertiary alicyclic amines) is 1. The Hall–Kier alpha value is -3.13. The van der Waals surface area contributed by atoms with E-state index in [0.29, 0.717) is 22.6 Å². The summed E-state index contributed by atoms with van der Waals surface area (Å²) in [5, 5.41) is 14.9. The number of rotatable bonds is 3. The number of amides is 1. The van der Waals surface area contributed by atoms with Gasteiger partial charge in [-0.05, 0) is 38.0 Å². The molecule has 4 rings (SSSR count). The van der Waals surface area contributed by atoms with Gasteiger partial charge in [-0.25, -0.2) is 4.98 Å². The van der Waals surface area contributed by atoms with E-state index in [-0.39, 0.29) is 37.4 Å². The van der Waals surface area contributed by atoms with Gasteiger partial charge in [-0.3, -0.25) is 9.78 Å². The predicted molar refractivity (Wildman–Crippen MR) is 97.7 cm³/mol. The van der Waals surface area contributed by atoms with Gasteiger partial charge in [-0.1, -0.05) is 11.2 Å². The predicted octanol–water partition coefficient (Wildman–Crippen LogP) is 2.70. The molecule has 1 amide bonds. The first-order valence-corrected chi connectivity index (χ1v) is 8.99. The van der Waals surface area contributed by atoms with Crippen LogP contribution in [0.25, 0.3) is 11.3 Å². The lowest BCUT2D eigenvalue weighted by atomic mass is 9.85. The summed E-state index contributed by atoms with van der Waals surface area (Å²) in [7, 11) is 0. The molecular formula is C20H19FN4O3. The highest BCUT2D eigenvalue weighted by molar-refractivity contribution is 6.00. The monoisotopic (exact) mass is 382 g/mol. The van der Waals surface area contributed by atoms with Crippen molar-refractivity contribution in [3.8, 4) is 11.3 Å². The summed E-state index contributed by atoms with van der Waals surface area (Å²) in [6.07, 6.45) is 5.03. The van der Waals surface area contributed by atoms with E-state index in [1.54, 1.807) is 42.4 Å². The summed E-state index contributed by atoms with van der Waals surface area (Å²) in [4.78, 5) is 22.4. The lowest BCUT2D eigenvalue weighted by Crippen LogP contribution is -2.45. The largest absolute Gasteiger partial charge is 0.385 e. The maximum Gasteiger partial charge on any atom is 0.259 e. The fourth-order valence-electron chi connectivity index (χ4n) is 3.56. The summed E-state index contributed by atoms with van der Waals surface area (Å²) in [5.41, 5.74) is 0.332. The second-order valence-corrected chi connectivity index (χ2v) is 6.87. The van der Waals surface area contributed by atoms with Crippen LogP contribution in [-0.2, 0) is 5.60 Å². The van der Waals surface area contributed by atoms with Gasteiger partial charge in [0, 0.05) is 42.8 Å². The first kappa shape index (κ1) is 18.2. The molecule has 8 heteroatoms. The Morgan fingerprint density at radius 1 is 1.25 bits per heavy atom. The number of halogens is 1. The Bertz CT molecular complexity index is 998. The molecule has 1 aliphatic heterocycles. The van der Waals surface area contributed by atoms with Crippen LogP contribution in [-0.4, -0.2) is 44.1 Å². The molecule has 3 aromatic rings. The van der Waals surface area contributed by atoms with E-state index in [4.69, 9.17) is 4.52 Å². The number of aromatic nitrogens is 3. The third-order valence-corrected chi connectivity index (χ3v) is 5.15. The molecule has 1 saturated heterocycles. The van der Waals surface area contributed by atoms with E-state index < -0.39 is 11.5 Å². The van der Waals surface area contributed by atoms with Crippen molar-refractivity contribution in [3.05, 3.63) is 65.7 Å². The Balaban J connectivity index is 1.56. The third-order valence-electron chi connectivity index (χ3n) is 5.15. The SMILES string of the molecule is Cc1onc(-c2cccnc2)c1C(=O)N1CCC(O)(c2cccnc2F)CC1. The molecule has 0 spiro atoms. The van der Waals surface area contributed by atoms with Crippen LogP contribution in [0.5, 0.6) is 0 Å². The first-order chi connectivity index (χ1) is 13.5. The van der Waals surface area contributed by atoms with Gasteiger partial charge < -0.3 is 14.5 Å². The van der Waals surface area contributed by atoms with Gasteiger partial charge in [0.05, 0.1) is 5.60 Å². The second kappa shape index (κ2) is 7.12. The number of pyridine rings is 2. The van der Waals surface area contributed by atoms with E-state index in [1.807, 2.05) is 0 Å². The van der Waals surface area contributed by atoms with Crippen molar-refractivity contribution in [1.82, 2.24) is 20.0 Å². The van der Waals surface area contributed by atoms with Crippen molar-refractivity contribution >= 4 is 5.91 Å². The van der Waals surface area contributed by atoms with Gasteiger partial charge in [0.25, 0.3) is 5.91 Å². The van der Waals surface area contributed by atoms with Crippen molar-refractivity contribution < 1.29 is 18.8 Å². The van der Waals surface area contributed by atoms with E-state index in [1.165, 1.54) is 12.3 Å². The molecule has 0 radical (unpaired) electrons. The van der Waals surface area contributed by atoms with Gasteiger partial charge in [0.1, 0.15) is 17.0 Å². The minimum Gasteiger partial charge on any atom is -0.385 e. The fraction of sp³-hybridized carbons (Fsp3) is 0.300. The highest BCUT2D eigenvalue weighted by atomic mass is 19.1. The van der Waals surface area contributed by atoms with Crippen molar-refractivity contribution in [2.75, 3.05) is 13.1 Å². The molecule has 1 N–H and O–H groups in total. The number of aryl methyl sites for hydroxylation is 1. The van der Waals surface area contributed by atoms with Crippen molar-refractivity contribution in [2.45, 2.75) is 25.4 Å². The molecule has 0 unspecified atom stereocenters. The lowest BCUT2D eigenvalue weighted by Gasteiger charge is -2.38. The van der Waals surface area contributed by atoms with Gasteiger partial charge in [0.2, 0.25) is 5.95 Å². The zero-order valence-corrected chi connectivity index (χ0v) is 15.3. The minimum absolute atomic E-state index is 0.166. The van der Waals surface area contributed by atoms with Crippen molar-refractivity contribution in [2.24, 2.45) is 0 Å². The normalized spacial score (nSPS) is 16.2. The summed E-state index contributed by atoms with van der Waals surface area (Å²) < 4.78 is 19.3. The molecule has 144 valence electrons. The molecule has 28 heavy (non-hydrogen) atoms. The average molecular weight is 382 g/mol. The molecule has 0 bridgehead atoms. The van der Waals surface area contributed by atoms with Crippen LogP contribution in [0, 0.1) is 12.9 Å². The highest BCUT2D eigenvalue weighted by Crippen LogP contribution is 2.35. The van der Waals surface area contributed by atoms with Crippen molar-refractivity contribution in [1.29, 1.82) is 0 Å². The van der Waals surface area contributed by atoms with Crippen LogP contribution in [0.4, 0.5) is 4.39 Å². The standard InChI is InChI=1S/C20H19FN4O3/c1-13-16(17(24-28-13)14-4-2-8-22-12-14)19(26)25-10-6-20(27,7-11-25)15-5-3-9-23-18(15)21/h2-5,8-9,12,27H,6-7,10-11H2,1H3. The molecule has 0 atom stereocenters. The number of hydrogen-bond donors (Lipinski definition) is 1. The summed E-state index contributed by atoms with van der Waals surface area (Å²) in [6.45, 7) is 2.24. The number of piperidine rings is 1. The number of carbonyl (C=O) groups is 1. The zero-order chi connectivity index (χ0) is 19.7. The Morgan fingerprint density at radius 3 is 2.68 bits per heavy atom. The smallest absolute Gasteiger partial charge is 0.259 e. The highest BCUT2D eigenvalue weighted by Gasteiger charge is 2.39. The Labute approximate surface area is 160 Å². The number of aliphatic hydroxyl groups is 1. The summed E-state index contributed by atoms with van der Waals surface area (Å²) in [5.74, 6) is -0.493. The van der Waals surface area contributed by atoms with E-state index in [0.717, 1.165) is 0 Å². The number of hydrogen-bond acceptors (Lipinski definition) is 6. The van der Waals surface area contributed by atoms with E-state index in [2.05, 4.69) is 15.1 Å². The first-order valence-electron chi connectivity index (χ1n) is 8.99. The van der Waals surface area contributed by atoms with Gasteiger partial charge in [0.15, 0.2) is 0 Å². The molecule has 4 heterocycles. The quantitative estimate of drug-likeness (QED) is 0.700. The topological polar surface area (TPSA) is 92.4 Å². The fourth-order valence-corrected chi connectivity index (χ4v) is 3.56. The van der Waals surface area contributed by atoms with E-state index >= 15 is 0 Å². The third kappa shape index (κ3) is 3.16. The molecule has 0 aromatic carbocycles. The molecule has 0 aliphatic carbocycles. The van der Waals surface area contributed by atoms with Crippen LogP contribution >= 0.6 is 0 Å². The molecule has 1 aliphatic rings. The van der Waals surface area contributed by atoms with Gasteiger partial charge in [-0.15, -0.1) is 0 Å². The molecule has 0 saturated carbocycles. The van der Waals surface area contributed by atoms with E-state index in [9.17, 15) is 14.3 Å². The van der Waals surface area contributed by atoms with Crippen LogP contribution in [0.15, 0.2) is 47.4 Å². The minimum atomic E-state index is -1.34. The molecular weight excluding hydrogens is 363 g/mol. The Morgan fingerprint density at radius 2 is 2.00 bits per heavy atom.